The maximum atomic E-state index is 10.8. The number of carbonyl (C=O) groups excluding carboxylic acids is 1. The molecule has 0 aromatic carbocycles. The molecule has 1 rings (SSSR count). The Morgan fingerprint density at radius 3 is 2.61 bits per heavy atom. The van der Waals surface area contributed by atoms with Gasteiger partial charge in [0, 0.05) is 6.08 Å². The van der Waals surface area contributed by atoms with Crippen molar-refractivity contribution in [3.8, 4) is 0 Å². The van der Waals surface area contributed by atoms with Crippen LogP contribution in [0, 0.1) is 11.8 Å². The van der Waals surface area contributed by atoms with Gasteiger partial charge in [0.25, 0.3) is 5.91 Å². The van der Waals surface area contributed by atoms with E-state index in [1.807, 2.05) is 6.92 Å². The summed E-state index contributed by atoms with van der Waals surface area (Å²) < 4.78 is 0. The molecule has 0 aromatic rings. The maximum Gasteiger partial charge on any atom is 0.267 e. The molecule has 0 saturated heterocycles. The lowest BCUT2D eigenvalue weighted by atomic mass is 9.83. The fourth-order valence-corrected chi connectivity index (χ4v) is 2.77. The van der Waals surface area contributed by atoms with Crippen LogP contribution < -0.4 is 5.48 Å². The molecule has 1 aliphatic rings. The summed E-state index contributed by atoms with van der Waals surface area (Å²) in [7, 11) is 0. The van der Waals surface area contributed by atoms with Gasteiger partial charge in [0.1, 0.15) is 0 Å². The summed E-state index contributed by atoms with van der Waals surface area (Å²) >= 11 is 0. The van der Waals surface area contributed by atoms with Crippen LogP contribution in [0.4, 0.5) is 0 Å². The molecule has 2 N–H and O–H groups in total. The van der Waals surface area contributed by atoms with Gasteiger partial charge in [-0.1, -0.05) is 56.8 Å². The van der Waals surface area contributed by atoms with Crippen molar-refractivity contribution in [3.05, 3.63) is 23.8 Å². The van der Waals surface area contributed by atoms with Gasteiger partial charge >= 0.3 is 0 Å². The number of allylic oxidation sites excluding steroid dienone is 3. The number of hydrogen-bond donors (Lipinski definition) is 2. The van der Waals surface area contributed by atoms with Crippen molar-refractivity contribution in [1.29, 1.82) is 0 Å². The number of rotatable bonds is 5. The second kappa shape index (κ2) is 8.09. The smallest absolute Gasteiger partial charge is 0.267 e. The third kappa shape index (κ3) is 6.01. The molecule has 3 heteroatoms. The molecule has 0 aliphatic heterocycles. The predicted octanol–water partition coefficient (Wildman–Crippen LogP) is 3.60. The van der Waals surface area contributed by atoms with Crippen LogP contribution in [-0.4, -0.2) is 11.1 Å². The summed E-state index contributed by atoms with van der Waals surface area (Å²) in [6, 6.07) is 0. The zero-order valence-corrected chi connectivity index (χ0v) is 11.5. The van der Waals surface area contributed by atoms with Crippen molar-refractivity contribution in [3.63, 3.8) is 0 Å². The van der Waals surface area contributed by atoms with E-state index in [1.54, 1.807) is 11.6 Å². The van der Waals surface area contributed by atoms with Crippen LogP contribution in [0.2, 0.25) is 0 Å². The number of amides is 1. The summed E-state index contributed by atoms with van der Waals surface area (Å²) in [4.78, 5) is 10.8. The first-order valence-corrected chi connectivity index (χ1v) is 6.92. The summed E-state index contributed by atoms with van der Waals surface area (Å²) in [5.41, 5.74) is 2.66. The molecule has 18 heavy (non-hydrogen) atoms. The molecular formula is C15H25NO2. The van der Waals surface area contributed by atoms with Crippen molar-refractivity contribution < 1.29 is 10.0 Å². The highest BCUT2D eigenvalue weighted by atomic mass is 16.5. The summed E-state index contributed by atoms with van der Waals surface area (Å²) in [6.45, 7) is 4.22. The molecule has 1 aliphatic carbocycles. The van der Waals surface area contributed by atoms with Gasteiger partial charge in [0.2, 0.25) is 0 Å². The van der Waals surface area contributed by atoms with E-state index in [2.05, 4.69) is 13.0 Å². The van der Waals surface area contributed by atoms with E-state index in [0.717, 1.165) is 11.5 Å². The molecule has 1 unspecified atom stereocenters. The number of hydroxylamine groups is 1. The van der Waals surface area contributed by atoms with Gasteiger partial charge < -0.3 is 0 Å². The second-order valence-electron chi connectivity index (χ2n) is 5.44. The van der Waals surface area contributed by atoms with Crippen LogP contribution in [0.25, 0.3) is 0 Å². The van der Waals surface area contributed by atoms with Crippen molar-refractivity contribution in [2.24, 2.45) is 11.8 Å². The first kappa shape index (κ1) is 15.0. The molecule has 0 heterocycles. The van der Waals surface area contributed by atoms with E-state index >= 15 is 0 Å². The van der Waals surface area contributed by atoms with E-state index in [-0.39, 0.29) is 0 Å². The third-order valence-electron chi connectivity index (χ3n) is 3.59. The lowest BCUT2D eigenvalue weighted by Crippen LogP contribution is -2.15. The zero-order chi connectivity index (χ0) is 13.4. The first-order valence-electron chi connectivity index (χ1n) is 6.92. The Bertz CT molecular complexity index is 314. The maximum absolute atomic E-state index is 10.8. The average molecular weight is 251 g/mol. The first-order chi connectivity index (χ1) is 8.61. The van der Waals surface area contributed by atoms with Crippen molar-refractivity contribution >= 4 is 5.91 Å². The molecule has 0 radical (unpaired) electrons. The van der Waals surface area contributed by atoms with E-state index in [1.165, 1.54) is 44.6 Å². The standard InChI is InChI=1S/C15H25NO2/c1-12(8-9-15(17)16-18)10-13(2)11-14-6-4-3-5-7-14/h8-10,13-14,18H,3-7,11H2,1-2H3,(H,16,17)/b9-8+,12-10+. The third-order valence-corrected chi connectivity index (χ3v) is 3.59. The average Bonchev–Trinajstić information content (AvgIpc) is 2.37. The fraction of sp³-hybridized carbons (Fsp3) is 0.667. The Hall–Kier alpha value is -1.09. The van der Waals surface area contributed by atoms with Crippen LogP contribution in [0.1, 0.15) is 52.4 Å². The Morgan fingerprint density at radius 2 is 2.00 bits per heavy atom. The SMILES string of the molecule is CC(/C=C/C(=O)NO)=C\C(C)CC1CCCCC1. The lowest BCUT2D eigenvalue weighted by Gasteiger charge is -2.23. The summed E-state index contributed by atoms with van der Waals surface area (Å²) in [5, 5.41) is 8.38. The van der Waals surface area contributed by atoms with Crippen LogP contribution in [0.15, 0.2) is 23.8 Å². The van der Waals surface area contributed by atoms with Crippen LogP contribution in [0.3, 0.4) is 0 Å². The topological polar surface area (TPSA) is 49.3 Å². The second-order valence-corrected chi connectivity index (χ2v) is 5.44. The minimum Gasteiger partial charge on any atom is -0.288 e. The minimum absolute atomic E-state index is 0.484. The van der Waals surface area contributed by atoms with Gasteiger partial charge in [-0.25, -0.2) is 5.48 Å². The van der Waals surface area contributed by atoms with Gasteiger partial charge in [0.05, 0.1) is 0 Å². The molecule has 0 bridgehead atoms. The number of carbonyl (C=O) groups is 1. The van der Waals surface area contributed by atoms with Crippen LogP contribution in [-0.2, 0) is 4.79 Å². The van der Waals surface area contributed by atoms with Gasteiger partial charge in [-0.2, -0.15) is 0 Å². The van der Waals surface area contributed by atoms with Gasteiger partial charge in [-0.15, -0.1) is 0 Å². The van der Waals surface area contributed by atoms with Crippen molar-refractivity contribution in [1.82, 2.24) is 5.48 Å². The van der Waals surface area contributed by atoms with E-state index < -0.39 is 5.91 Å². The van der Waals surface area contributed by atoms with Crippen LogP contribution >= 0.6 is 0 Å². The zero-order valence-electron chi connectivity index (χ0n) is 11.5. The molecule has 1 amide bonds. The molecule has 3 nitrogen and oxygen atoms in total. The van der Waals surface area contributed by atoms with E-state index in [9.17, 15) is 4.79 Å². The lowest BCUT2D eigenvalue weighted by molar-refractivity contribution is -0.124. The highest BCUT2D eigenvalue weighted by Crippen LogP contribution is 2.29. The molecule has 0 spiro atoms. The Balaban J connectivity index is 2.38. The normalized spacial score (nSPS) is 20.1. The van der Waals surface area contributed by atoms with Gasteiger partial charge in [0.15, 0.2) is 0 Å². The predicted molar refractivity (Wildman–Crippen MR) is 73.2 cm³/mol. The van der Waals surface area contributed by atoms with E-state index in [0.29, 0.717) is 5.92 Å². The summed E-state index contributed by atoms with van der Waals surface area (Å²) in [6.07, 6.45) is 13.5. The molecule has 0 aromatic heterocycles. The Morgan fingerprint density at radius 1 is 1.33 bits per heavy atom. The highest BCUT2D eigenvalue weighted by molar-refractivity contribution is 5.86. The molecule has 1 saturated carbocycles. The molecular weight excluding hydrogens is 226 g/mol. The van der Waals surface area contributed by atoms with Gasteiger partial charge in [-0.3, -0.25) is 10.0 Å². The molecule has 1 fully saturated rings. The Labute approximate surface area is 110 Å². The van der Waals surface area contributed by atoms with Gasteiger partial charge in [-0.05, 0) is 25.2 Å². The number of nitrogens with one attached hydrogen (secondary N) is 1. The molecule has 1 atom stereocenters. The Kier molecular flexibility index (Phi) is 6.73. The van der Waals surface area contributed by atoms with Crippen molar-refractivity contribution in [2.45, 2.75) is 52.4 Å². The number of hydrogen-bond acceptors (Lipinski definition) is 2. The van der Waals surface area contributed by atoms with E-state index in [4.69, 9.17) is 5.21 Å². The quantitative estimate of drug-likeness (QED) is 0.339. The highest BCUT2D eigenvalue weighted by Gasteiger charge is 2.15. The summed E-state index contributed by atoms with van der Waals surface area (Å²) in [5.74, 6) is 0.945. The monoisotopic (exact) mass is 251 g/mol. The minimum atomic E-state index is -0.484. The van der Waals surface area contributed by atoms with Crippen LogP contribution in [0.5, 0.6) is 0 Å². The largest absolute Gasteiger partial charge is 0.288 e. The molecule has 102 valence electrons. The fourth-order valence-electron chi connectivity index (χ4n) is 2.77. The van der Waals surface area contributed by atoms with Crippen molar-refractivity contribution in [2.75, 3.05) is 0 Å².